The Bertz CT molecular complexity index is 987. The van der Waals surface area contributed by atoms with E-state index in [0.29, 0.717) is 30.6 Å². The van der Waals surface area contributed by atoms with Gasteiger partial charge in [0, 0.05) is 23.9 Å². The minimum absolute atomic E-state index is 0.0824. The second kappa shape index (κ2) is 7.00. The Morgan fingerprint density at radius 3 is 2.68 bits per heavy atom. The molecule has 0 amide bonds. The number of carbonyl (C=O) groups is 1. The highest BCUT2D eigenvalue weighted by Crippen LogP contribution is 2.49. The first-order chi connectivity index (χ1) is 13.4. The van der Waals surface area contributed by atoms with Gasteiger partial charge in [-0.1, -0.05) is 13.8 Å². The Morgan fingerprint density at radius 2 is 2.07 bits per heavy atom. The number of nitrogens with zero attached hydrogens (tertiary/aromatic N) is 1. The van der Waals surface area contributed by atoms with E-state index in [9.17, 15) is 14.7 Å². The van der Waals surface area contributed by atoms with Gasteiger partial charge in [-0.3, -0.25) is 4.79 Å². The summed E-state index contributed by atoms with van der Waals surface area (Å²) in [5.74, 6) is 0.967. The Hall–Kier alpha value is -2.76. The number of carboxylic acid groups (broad SMARTS) is 1. The van der Waals surface area contributed by atoms with Gasteiger partial charge in [-0.05, 0) is 43.2 Å². The lowest BCUT2D eigenvalue weighted by Gasteiger charge is -2.24. The monoisotopic (exact) mass is 383 g/mol. The third-order valence-corrected chi connectivity index (χ3v) is 5.55. The van der Waals surface area contributed by atoms with Crippen LogP contribution in [0.4, 0.5) is 0 Å². The zero-order valence-electron chi connectivity index (χ0n) is 16.4. The number of aromatic carboxylic acids is 1. The molecule has 1 atom stereocenters. The Kier molecular flexibility index (Phi) is 4.65. The average Bonchev–Trinajstić information content (AvgIpc) is 3.47. The van der Waals surface area contributed by atoms with Crippen molar-refractivity contribution in [3.8, 4) is 22.8 Å². The van der Waals surface area contributed by atoms with Gasteiger partial charge in [0.1, 0.15) is 23.7 Å². The van der Waals surface area contributed by atoms with E-state index < -0.39 is 11.4 Å². The van der Waals surface area contributed by atoms with E-state index in [1.807, 2.05) is 17.6 Å². The standard InChI is InChI=1S/C22H25NO5/c1-4-27-20-9-21-15(7-14(20)13-5-6-13)17-8-19(24)16(22(25)26)10-23(17)18(11-28-21)12(2)3/h7-10,12-13,18H,4-6,11H2,1-3H3,(H,25,26)/t18-/m0/s1. The van der Waals surface area contributed by atoms with Gasteiger partial charge in [-0.25, -0.2) is 4.79 Å². The van der Waals surface area contributed by atoms with Crippen molar-refractivity contribution >= 4 is 5.97 Å². The van der Waals surface area contributed by atoms with Crippen LogP contribution in [0.3, 0.4) is 0 Å². The maximum atomic E-state index is 12.5. The molecule has 1 aromatic carbocycles. The minimum Gasteiger partial charge on any atom is -0.493 e. The van der Waals surface area contributed by atoms with E-state index in [4.69, 9.17) is 9.47 Å². The normalized spacial score (nSPS) is 18.1. The largest absolute Gasteiger partial charge is 0.493 e. The second-order valence-electron chi connectivity index (χ2n) is 7.86. The Balaban J connectivity index is 1.96. The Morgan fingerprint density at radius 1 is 1.32 bits per heavy atom. The van der Waals surface area contributed by atoms with Crippen LogP contribution < -0.4 is 14.9 Å². The van der Waals surface area contributed by atoms with E-state index in [0.717, 1.165) is 29.7 Å². The van der Waals surface area contributed by atoms with Crippen LogP contribution in [0.2, 0.25) is 0 Å². The zero-order valence-corrected chi connectivity index (χ0v) is 16.4. The molecule has 0 spiro atoms. The quantitative estimate of drug-likeness (QED) is 0.842. The number of carboxylic acids is 1. The molecule has 2 aliphatic rings. The van der Waals surface area contributed by atoms with Gasteiger partial charge in [-0.15, -0.1) is 0 Å². The number of aromatic nitrogens is 1. The molecular weight excluding hydrogens is 358 g/mol. The lowest BCUT2D eigenvalue weighted by atomic mass is 9.99. The van der Waals surface area contributed by atoms with Gasteiger partial charge in [0.25, 0.3) is 0 Å². The third kappa shape index (κ3) is 3.17. The molecule has 1 N–H and O–H groups in total. The smallest absolute Gasteiger partial charge is 0.341 e. The van der Waals surface area contributed by atoms with Crippen LogP contribution in [0, 0.1) is 5.92 Å². The highest BCUT2D eigenvalue weighted by molar-refractivity contribution is 5.88. The van der Waals surface area contributed by atoms with Gasteiger partial charge in [0.2, 0.25) is 0 Å². The first kappa shape index (κ1) is 18.6. The molecule has 2 heterocycles. The minimum atomic E-state index is -1.21. The number of benzene rings is 1. The van der Waals surface area contributed by atoms with Crippen molar-refractivity contribution in [2.75, 3.05) is 13.2 Å². The molecule has 1 aliphatic carbocycles. The second-order valence-corrected chi connectivity index (χ2v) is 7.86. The van der Waals surface area contributed by atoms with Crippen LogP contribution in [0.15, 0.2) is 29.2 Å². The van der Waals surface area contributed by atoms with Crippen molar-refractivity contribution < 1.29 is 19.4 Å². The topological polar surface area (TPSA) is 77.8 Å². The molecule has 2 aromatic rings. The number of ether oxygens (including phenoxy) is 2. The SMILES string of the molecule is CCOc1cc2c(cc1C1CC1)-c1cc(=O)c(C(=O)O)cn1[C@H](C(C)C)CO2. The number of hydrogen-bond acceptors (Lipinski definition) is 4. The molecule has 1 aliphatic heterocycles. The summed E-state index contributed by atoms with van der Waals surface area (Å²) in [6.07, 6.45) is 3.72. The van der Waals surface area contributed by atoms with Gasteiger partial charge >= 0.3 is 5.97 Å². The fourth-order valence-corrected chi connectivity index (χ4v) is 3.86. The van der Waals surface area contributed by atoms with Crippen LogP contribution in [0.25, 0.3) is 11.3 Å². The molecule has 0 bridgehead atoms. The Labute approximate surface area is 163 Å². The maximum Gasteiger partial charge on any atom is 0.341 e. The third-order valence-electron chi connectivity index (χ3n) is 5.55. The summed E-state index contributed by atoms with van der Waals surface area (Å²) in [4.78, 5) is 24.0. The molecule has 0 radical (unpaired) electrons. The molecular formula is C22H25NO5. The lowest BCUT2D eigenvalue weighted by Crippen LogP contribution is -2.25. The average molecular weight is 383 g/mol. The van der Waals surface area contributed by atoms with Gasteiger partial charge in [0.15, 0.2) is 5.43 Å². The van der Waals surface area contributed by atoms with Crippen molar-refractivity contribution in [1.82, 2.24) is 4.57 Å². The highest BCUT2D eigenvalue weighted by atomic mass is 16.5. The number of rotatable bonds is 5. The van der Waals surface area contributed by atoms with Crippen LogP contribution >= 0.6 is 0 Å². The van der Waals surface area contributed by atoms with Crippen molar-refractivity contribution in [3.05, 3.63) is 45.7 Å². The number of fused-ring (bicyclic) bond motifs is 3. The van der Waals surface area contributed by atoms with E-state index in [1.165, 1.54) is 12.3 Å². The van der Waals surface area contributed by atoms with Crippen LogP contribution in [-0.4, -0.2) is 28.9 Å². The fourth-order valence-electron chi connectivity index (χ4n) is 3.86. The van der Waals surface area contributed by atoms with Crippen LogP contribution in [-0.2, 0) is 0 Å². The summed E-state index contributed by atoms with van der Waals surface area (Å²) in [5.41, 5.74) is 1.95. The summed E-state index contributed by atoms with van der Waals surface area (Å²) in [5, 5.41) is 9.42. The number of pyridine rings is 1. The van der Waals surface area contributed by atoms with Crippen LogP contribution in [0.5, 0.6) is 11.5 Å². The van der Waals surface area contributed by atoms with Gasteiger partial charge in [0.05, 0.1) is 18.3 Å². The molecule has 4 rings (SSSR count). The molecule has 6 heteroatoms. The van der Waals surface area contributed by atoms with Crippen molar-refractivity contribution in [2.24, 2.45) is 5.92 Å². The first-order valence-electron chi connectivity index (χ1n) is 9.84. The van der Waals surface area contributed by atoms with Crippen molar-refractivity contribution in [1.29, 1.82) is 0 Å². The highest BCUT2D eigenvalue weighted by Gasteiger charge is 2.32. The van der Waals surface area contributed by atoms with Gasteiger partial charge < -0.3 is 19.1 Å². The summed E-state index contributed by atoms with van der Waals surface area (Å²) in [6, 6.07) is 5.34. The van der Waals surface area contributed by atoms with E-state index in [2.05, 4.69) is 19.9 Å². The fraction of sp³-hybridized carbons (Fsp3) is 0.455. The first-order valence-corrected chi connectivity index (χ1v) is 9.84. The molecule has 1 saturated carbocycles. The van der Waals surface area contributed by atoms with Crippen molar-refractivity contribution in [2.45, 2.75) is 45.6 Å². The van der Waals surface area contributed by atoms with E-state index in [1.54, 1.807) is 0 Å². The maximum absolute atomic E-state index is 12.5. The summed E-state index contributed by atoms with van der Waals surface area (Å²) >= 11 is 0. The molecule has 6 nitrogen and oxygen atoms in total. The van der Waals surface area contributed by atoms with Crippen LogP contribution in [0.1, 0.15) is 61.5 Å². The summed E-state index contributed by atoms with van der Waals surface area (Å²) in [7, 11) is 0. The summed E-state index contributed by atoms with van der Waals surface area (Å²) in [6.45, 7) is 7.06. The molecule has 28 heavy (non-hydrogen) atoms. The predicted molar refractivity (Wildman–Crippen MR) is 106 cm³/mol. The molecule has 148 valence electrons. The van der Waals surface area contributed by atoms with E-state index >= 15 is 0 Å². The van der Waals surface area contributed by atoms with Crippen molar-refractivity contribution in [3.63, 3.8) is 0 Å². The van der Waals surface area contributed by atoms with E-state index in [-0.39, 0.29) is 17.5 Å². The molecule has 0 unspecified atom stereocenters. The number of hydrogen-bond donors (Lipinski definition) is 1. The summed E-state index contributed by atoms with van der Waals surface area (Å²) < 4.78 is 13.9. The predicted octanol–water partition coefficient (Wildman–Crippen LogP) is 4.08. The molecule has 1 aromatic heterocycles. The lowest BCUT2D eigenvalue weighted by molar-refractivity contribution is 0.0694. The van der Waals surface area contributed by atoms with Gasteiger partial charge in [-0.2, -0.15) is 0 Å². The molecule has 0 saturated heterocycles. The molecule has 1 fully saturated rings. The zero-order chi connectivity index (χ0) is 20.0.